The molecule has 8 heteroatoms. The SMILES string of the molecule is Cn1c(=O)c(-c2c(Cl)ccc(CN)c2Cl)cc2cnc(Nc3ccccc3)nc21. The van der Waals surface area contributed by atoms with Crippen LogP contribution < -0.4 is 16.6 Å². The van der Waals surface area contributed by atoms with Gasteiger partial charge in [-0.15, -0.1) is 0 Å². The first kappa shape index (κ1) is 19.4. The Labute approximate surface area is 176 Å². The first-order chi connectivity index (χ1) is 14.0. The number of hydrogen-bond donors (Lipinski definition) is 2. The Morgan fingerprint density at radius 2 is 1.90 bits per heavy atom. The molecular formula is C21H17Cl2N5O. The molecule has 0 aliphatic carbocycles. The number of rotatable bonds is 4. The molecule has 0 aliphatic rings. The Hall–Kier alpha value is -2.93. The van der Waals surface area contributed by atoms with Crippen molar-refractivity contribution in [3.63, 3.8) is 0 Å². The Bertz CT molecular complexity index is 1270. The monoisotopic (exact) mass is 425 g/mol. The molecule has 29 heavy (non-hydrogen) atoms. The van der Waals surface area contributed by atoms with Gasteiger partial charge < -0.3 is 11.1 Å². The van der Waals surface area contributed by atoms with Crippen molar-refractivity contribution in [1.82, 2.24) is 14.5 Å². The standard InChI is InChI=1S/C21H17Cl2N5O/c1-28-19-13(11-25-21(27-19)26-14-5-3-2-4-6-14)9-15(20(28)29)17-16(22)8-7-12(10-24)18(17)23/h2-9,11H,10,24H2,1H3,(H,25,26,27). The Morgan fingerprint density at radius 1 is 1.14 bits per heavy atom. The van der Waals surface area contributed by atoms with Crippen LogP contribution in [-0.2, 0) is 13.6 Å². The highest BCUT2D eigenvalue weighted by atomic mass is 35.5. The number of nitrogens with zero attached hydrogens (tertiary/aromatic N) is 3. The lowest BCUT2D eigenvalue weighted by atomic mass is 10.0. The van der Waals surface area contributed by atoms with E-state index in [0.29, 0.717) is 43.7 Å². The van der Waals surface area contributed by atoms with Crippen molar-refractivity contribution in [2.24, 2.45) is 12.8 Å². The molecule has 0 bridgehead atoms. The Morgan fingerprint density at radius 3 is 2.62 bits per heavy atom. The first-order valence-corrected chi connectivity index (χ1v) is 9.61. The minimum absolute atomic E-state index is 0.245. The average Bonchev–Trinajstić information content (AvgIpc) is 2.73. The van der Waals surface area contributed by atoms with Crippen LogP contribution >= 0.6 is 23.2 Å². The second-order valence-corrected chi connectivity index (χ2v) is 7.27. The molecule has 0 saturated heterocycles. The highest BCUT2D eigenvalue weighted by molar-refractivity contribution is 6.39. The van der Waals surface area contributed by atoms with E-state index in [2.05, 4.69) is 15.3 Å². The molecule has 0 aliphatic heterocycles. The molecule has 6 nitrogen and oxygen atoms in total. The summed E-state index contributed by atoms with van der Waals surface area (Å²) in [7, 11) is 1.65. The van der Waals surface area contributed by atoms with Gasteiger partial charge in [0.2, 0.25) is 5.95 Å². The van der Waals surface area contributed by atoms with E-state index in [0.717, 1.165) is 5.69 Å². The van der Waals surface area contributed by atoms with E-state index >= 15 is 0 Å². The van der Waals surface area contributed by atoms with Gasteiger partial charge in [-0.2, -0.15) is 4.98 Å². The summed E-state index contributed by atoms with van der Waals surface area (Å²) < 4.78 is 1.46. The zero-order valence-electron chi connectivity index (χ0n) is 15.5. The van der Waals surface area contributed by atoms with Crippen molar-refractivity contribution < 1.29 is 0 Å². The van der Waals surface area contributed by atoms with Gasteiger partial charge in [-0.05, 0) is 29.8 Å². The largest absolute Gasteiger partial charge is 0.326 e. The zero-order chi connectivity index (χ0) is 20.5. The molecule has 0 fully saturated rings. The number of benzene rings is 2. The van der Waals surface area contributed by atoms with Crippen LogP contribution in [0.4, 0.5) is 11.6 Å². The molecule has 4 rings (SSSR count). The number of aromatic nitrogens is 3. The molecule has 2 aromatic carbocycles. The van der Waals surface area contributed by atoms with Crippen molar-refractivity contribution in [2.75, 3.05) is 5.32 Å². The number of para-hydroxylation sites is 1. The summed E-state index contributed by atoms with van der Waals surface area (Å²) in [5, 5.41) is 4.57. The molecule has 4 aromatic rings. The van der Waals surface area contributed by atoms with Crippen molar-refractivity contribution in [2.45, 2.75) is 6.54 Å². The molecular weight excluding hydrogens is 409 g/mol. The fourth-order valence-corrected chi connectivity index (χ4v) is 3.79. The molecule has 0 saturated carbocycles. The molecule has 2 heterocycles. The summed E-state index contributed by atoms with van der Waals surface area (Å²) in [6.45, 7) is 0.245. The molecule has 0 radical (unpaired) electrons. The molecule has 0 spiro atoms. The third kappa shape index (κ3) is 3.58. The topological polar surface area (TPSA) is 85.8 Å². The number of nitrogens with one attached hydrogen (secondary N) is 1. The molecule has 3 N–H and O–H groups in total. The highest BCUT2D eigenvalue weighted by Gasteiger charge is 2.18. The fourth-order valence-electron chi connectivity index (χ4n) is 3.14. The second-order valence-electron chi connectivity index (χ2n) is 6.49. The molecule has 146 valence electrons. The number of halogens is 2. The van der Waals surface area contributed by atoms with E-state index in [9.17, 15) is 4.79 Å². The summed E-state index contributed by atoms with van der Waals surface area (Å²) >= 11 is 12.9. The lowest BCUT2D eigenvalue weighted by molar-refractivity contribution is 0.887. The molecule has 0 amide bonds. The Balaban J connectivity index is 1.87. The van der Waals surface area contributed by atoms with Gasteiger partial charge >= 0.3 is 0 Å². The summed E-state index contributed by atoms with van der Waals surface area (Å²) in [4.78, 5) is 22.0. The van der Waals surface area contributed by atoms with Gasteiger partial charge in [0.05, 0.1) is 15.6 Å². The minimum Gasteiger partial charge on any atom is -0.326 e. The third-order valence-corrected chi connectivity index (χ3v) is 5.39. The van der Waals surface area contributed by atoms with E-state index in [1.807, 2.05) is 30.3 Å². The van der Waals surface area contributed by atoms with Crippen LogP contribution in [0.1, 0.15) is 5.56 Å². The van der Waals surface area contributed by atoms with E-state index in [1.165, 1.54) is 4.57 Å². The lowest BCUT2D eigenvalue weighted by Crippen LogP contribution is -2.20. The van der Waals surface area contributed by atoms with Crippen LogP contribution in [0.5, 0.6) is 0 Å². The number of pyridine rings is 1. The maximum Gasteiger partial charge on any atom is 0.259 e. The van der Waals surface area contributed by atoms with Gasteiger partial charge in [-0.1, -0.05) is 47.5 Å². The fraction of sp³-hybridized carbons (Fsp3) is 0.0952. The summed E-state index contributed by atoms with van der Waals surface area (Å²) in [5.41, 5.74) is 8.38. The number of anilines is 2. The van der Waals surface area contributed by atoms with Gasteiger partial charge in [0, 0.05) is 36.4 Å². The van der Waals surface area contributed by atoms with E-state index in [-0.39, 0.29) is 12.1 Å². The predicted molar refractivity (Wildman–Crippen MR) is 118 cm³/mol. The molecule has 0 unspecified atom stereocenters. The number of nitrogens with two attached hydrogens (primary N) is 1. The van der Waals surface area contributed by atoms with Crippen LogP contribution in [0, 0.1) is 0 Å². The highest BCUT2D eigenvalue weighted by Crippen LogP contribution is 2.36. The van der Waals surface area contributed by atoms with Crippen molar-refractivity contribution in [1.29, 1.82) is 0 Å². The lowest BCUT2D eigenvalue weighted by Gasteiger charge is -2.13. The van der Waals surface area contributed by atoms with Crippen LogP contribution in [0.2, 0.25) is 10.0 Å². The van der Waals surface area contributed by atoms with E-state index < -0.39 is 0 Å². The van der Waals surface area contributed by atoms with Crippen molar-refractivity contribution >= 4 is 45.9 Å². The van der Waals surface area contributed by atoms with E-state index in [4.69, 9.17) is 28.9 Å². The van der Waals surface area contributed by atoms with Crippen molar-refractivity contribution in [3.8, 4) is 11.1 Å². The number of hydrogen-bond acceptors (Lipinski definition) is 5. The van der Waals surface area contributed by atoms with Crippen LogP contribution in [0.15, 0.2) is 59.5 Å². The van der Waals surface area contributed by atoms with Crippen LogP contribution in [-0.4, -0.2) is 14.5 Å². The third-order valence-electron chi connectivity index (χ3n) is 4.64. The Kier molecular flexibility index (Phi) is 5.24. The zero-order valence-corrected chi connectivity index (χ0v) is 17.0. The molecule has 2 aromatic heterocycles. The van der Waals surface area contributed by atoms with E-state index in [1.54, 1.807) is 31.4 Å². The summed E-state index contributed by atoms with van der Waals surface area (Å²) in [5.74, 6) is 0.396. The summed E-state index contributed by atoms with van der Waals surface area (Å²) in [6, 6.07) is 14.7. The smallest absolute Gasteiger partial charge is 0.259 e. The first-order valence-electron chi connectivity index (χ1n) is 8.85. The minimum atomic E-state index is -0.264. The van der Waals surface area contributed by atoms with Crippen LogP contribution in [0.25, 0.3) is 22.2 Å². The van der Waals surface area contributed by atoms with Gasteiger partial charge in [-0.25, -0.2) is 4.98 Å². The maximum atomic E-state index is 13.1. The van der Waals surface area contributed by atoms with Crippen LogP contribution in [0.3, 0.4) is 0 Å². The second kappa shape index (κ2) is 7.83. The van der Waals surface area contributed by atoms with Gasteiger partial charge in [0.15, 0.2) is 0 Å². The van der Waals surface area contributed by atoms with Crippen molar-refractivity contribution in [3.05, 3.63) is 80.7 Å². The number of fused-ring (bicyclic) bond motifs is 1. The van der Waals surface area contributed by atoms with Gasteiger partial charge in [0.1, 0.15) is 5.65 Å². The normalized spacial score (nSPS) is 11.0. The maximum absolute atomic E-state index is 13.1. The van der Waals surface area contributed by atoms with Gasteiger partial charge in [-0.3, -0.25) is 9.36 Å². The summed E-state index contributed by atoms with van der Waals surface area (Å²) in [6.07, 6.45) is 1.66. The number of aryl methyl sites for hydroxylation is 1. The average molecular weight is 426 g/mol. The molecule has 0 atom stereocenters. The predicted octanol–water partition coefficient (Wildman–Crippen LogP) is 4.50. The quantitative estimate of drug-likeness (QED) is 0.502. The van der Waals surface area contributed by atoms with Gasteiger partial charge in [0.25, 0.3) is 5.56 Å².